The molecule has 1 aliphatic rings. The van der Waals surface area contributed by atoms with Crippen molar-refractivity contribution in [3.05, 3.63) is 24.2 Å². The number of carbonyl (C=O) groups is 1. The Morgan fingerprint density at radius 2 is 2.21 bits per heavy atom. The molecule has 2 rings (SSSR count). The monoisotopic (exact) mass is 265 g/mol. The lowest BCUT2D eigenvalue weighted by Gasteiger charge is -2.33. The molecule has 1 aromatic rings. The molecule has 4 nitrogen and oxygen atoms in total. The van der Waals surface area contributed by atoms with Crippen LogP contribution in [-0.4, -0.2) is 17.6 Å². The molecule has 1 aromatic heterocycles. The number of furan rings is 1. The highest BCUT2D eigenvalue weighted by Crippen LogP contribution is 2.38. The van der Waals surface area contributed by atoms with Crippen molar-refractivity contribution >= 4 is 5.91 Å². The topological polar surface area (TPSA) is 62.5 Å². The Labute approximate surface area is 114 Å². The highest BCUT2D eigenvalue weighted by Gasteiger charge is 2.30. The molecule has 1 unspecified atom stereocenters. The van der Waals surface area contributed by atoms with Crippen LogP contribution in [0.5, 0.6) is 0 Å². The lowest BCUT2D eigenvalue weighted by molar-refractivity contribution is -0.125. The summed E-state index contributed by atoms with van der Waals surface area (Å²) in [7, 11) is 0. The molecular formula is C15H23NO3. The van der Waals surface area contributed by atoms with E-state index < -0.39 is 6.04 Å². The maximum absolute atomic E-state index is 12.1. The molecule has 1 aliphatic carbocycles. The number of hydrogen-bond acceptors (Lipinski definition) is 3. The van der Waals surface area contributed by atoms with E-state index in [2.05, 4.69) is 12.2 Å². The summed E-state index contributed by atoms with van der Waals surface area (Å²) < 4.78 is 5.23. The van der Waals surface area contributed by atoms with E-state index in [9.17, 15) is 9.90 Å². The van der Waals surface area contributed by atoms with Gasteiger partial charge in [0.25, 0.3) is 0 Å². The van der Waals surface area contributed by atoms with Gasteiger partial charge in [0.2, 0.25) is 5.91 Å². The minimum absolute atomic E-state index is 0.000139. The van der Waals surface area contributed by atoms with Crippen molar-refractivity contribution in [3.8, 4) is 0 Å². The number of aliphatic hydroxyl groups is 1. The van der Waals surface area contributed by atoms with Gasteiger partial charge in [0, 0.05) is 6.42 Å². The Bertz CT molecular complexity index is 394. The fourth-order valence-electron chi connectivity index (χ4n) is 2.91. The van der Waals surface area contributed by atoms with E-state index >= 15 is 0 Å². The molecule has 0 bridgehead atoms. The quantitative estimate of drug-likeness (QED) is 0.860. The number of carbonyl (C=O) groups excluding carboxylic acids is 1. The Kier molecular flexibility index (Phi) is 4.64. The maximum atomic E-state index is 12.1. The third-order valence-corrected chi connectivity index (χ3v) is 4.05. The first kappa shape index (κ1) is 14.1. The van der Waals surface area contributed by atoms with Crippen molar-refractivity contribution in [1.82, 2.24) is 5.32 Å². The molecule has 0 radical (unpaired) electrons. The van der Waals surface area contributed by atoms with Gasteiger partial charge in [0.1, 0.15) is 11.8 Å². The van der Waals surface area contributed by atoms with Crippen LogP contribution < -0.4 is 5.32 Å². The van der Waals surface area contributed by atoms with E-state index in [4.69, 9.17) is 4.42 Å². The second kappa shape index (κ2) is 6.24. The van der Waals surface area contributed by atoms with Gasteiger partial charge in [-0.3, -0.25) is 4.79 Å². The standard InChI is InChI=1S/C15H23NO3/c1-15(7-3-2-4-8-15)10-14(18)16-12(11-17)13-6-5-9-19-13/h5-6,9,12,17H,2-4,7-8,10-11H2,1H3,(H,16,18). The largest absolute Gasteiger partial charge is 0.467 e. The zero-order valence-corrected chi connectivity index (χ0v) is 11.5. The van der Waals surface area contributed by atoms with Crippen LogP contribution in [0.3, 0.4) is 0 Å². The molecule has 19 heavy (non-hydrogen) atoms. The van der Waals surface area contributed by atoms with E-state index in [0.717, 1.165) is 12.8 Å². The molecule has 1 atom stereocenters. The molecule has 0 aromatic carbocycles. The normalized spacial score (nSPS) is 19.9. The Balaban J connectivity index is 1.89. The lowest BCUT2D eigenvalue weighted by atomic mass is 9.73. The van der Waals surface area contributed by atoms with Gasteiger partial charge in [0.15, 0.2) is 0 Å². The predicted octanol–water partition coefficient (Wildman–Crippen LogP) is 2.79. The highest BCUT2D eigenvalue weighted by molar-refractivity contribution is 5.77. The Hall–Kier alpha value is -1.29. The van der Waals surface area contributed by atoms with Crippen LogP contribution in [0, 0.1) is 5.41 Å². The Morgan fingerprint density at radius 3 is 2.79 bits per heavy atom. The second-order valence-corrected chi connectivity index (χ2v) is 5.87. The molecule has 0 spiro atoms. The summed E-state index contributed by atoms with van der Waals surface area (Å²) in [5.74, 6) is 0.601. The van der Waals surface area contributed by atoms with E-state index in [1.165, 1.54) is 19.3 Å². The molecule has 1 amide bonds. The van der Waals surface area contributed by atoms with Crippen LogP contribution in [0.4, 0.5) is 0 Å². The smallest absolute Gasteiger partial charge is 0.221 e. The molecule has 1 fully saturated rings. The second-order valence-electron chi connectivity index (χ2n) is 5.87. The molecule has 4 heteroatoms. The summed E-state index contributed by atoms with van der Waals surface area (Å²) in [6.45, 7) is 2.04. The highest BCUT2D eigenvalue weighted by atomic mass is 16.3. The van der Waals surface area contributed by atoms with Crippen molar-refractivity contribution in [3.63, 3.8) is 0 Å². The van der Waals surface area contributed by atoms with Crippen molar-refractivity contribution < 1.29 is 14.3 Å². The van der Waals surface area contributed by atoms with Gasteiger partial charge in [-0.15, -0.1) is 0 Å². The number of hydrogen-bond donors (Lipinski definition) is 2. The Morgan fingerprint density at radius 1 is 1.47 bits per heavy atom. The summed E-state index contributed by atoms with van der Waals surface area (Å²) in [5.41, 5.74) is 0.117. The predicted molar refractivity (Wildman–Crippen MR) is 72.5 cm³/mol. The van der Waals surface area contributed by atoms with Crippen LogP contribution >= 0.6 is 0 Å². The molecular weight excluding hydrogens is 242 g/mol. The summed E-state index contributed by atoms with van der Waals surface area (Å²) in [6.07, 6.45) is 8.02. The molecule has 0 saturated heterocycles. The van der Waals surface area contributed by atoms with Crippen LogP contribution in [0.2, 0.25) is 0 Å². The number of amides is 1. The molecule has 2 N–H and O–H groups in total. The average molecular weight is 265 g/mol. The van der Waals surface area contributed by atoms with Crippen LogP contribution in [0.25, 0.3) is 0 Å². The van der Waals surface area contributed by atoms with Crippen LogP contribution in [0.1, 0.15) is 57.3 Å². The molecule has 106 valence electrons. The number of aliphatic hydroxyl groups excluding tert-OH is 1. The van der Waals surface area contributed by atoms with Crippen molar-refractivity contribution in [2.24, 2.45) is 5.41 Å². The minimum atomic E-state index is -0.435. The minimum Gasteiger partial charge on any atom is -0.467 e. The zero-order chi connectivity index (χ0) is 13.7. The van der Waals surface area contributed by atoms with Crippen molar-refractivity contribution in [1.29, 1.82) is 0 Å². The first-order valence-corrected chi connectivity index (χ1v) is 7.07. The van der Waals surface area contributed by atoms with Crippen LogP contribution in [-0.2, 0) is 4.79 Å². The van der Waals surface area contributed by atoms with Crippen LogP contribution in [0.15, 0.2) is 22.8 Å². The third-order valence-electron chi connectivity index (χ3n) is 4.05. The number of rotatable bonds is 5. The van der Waals surface area contributed by atoms with E-state index in [1.54, 1.807) is 18.4 Å². The van der Waals surface area contributed by atoms with Gasteiger partial charge < -0.3 is 14.8 Å². The van der Waals surface area contributed by atoms with Gasteiger partial charge in [-0.1, -0.05) is 26.2 Å². The molecule has 1 heterocycles. The summed E-state index contributed by atoms with van der Waals surface area (Å²) >= 11 is 0. The van der Waals surface area contributed by atoms with Crippen molar-refractivity contribution in [2.75, 3.05) is 6.61 Å². The van der Waals surface area contributed by atoms with Crippen molar-refractivity contribution in [2.45, 2.75) is 51.5 Å². The van der Waals surface area contributed by atoms with Gasteiger partial charge >= 0.3 is 0 Å². The van der Waals surface area contributed by atoms with Gasteiger partial charge in [-0.25, -0.2) is 0 Å². The van der Waals surface area contributed by atoms with E-state index in [-0.39, 0.29) is 17.9 Å². The van der Waals surface area contributed by atoms with E-state index in [0.29, 0.717) is 12.2 Å². The molecule has 0 aliphatic heterocycles. The van der Waals surface area contributed by atoms with Gasteiger partial charge in [-0.2, -0.15) is 0 Å². The number of nitrogens with one attached hydrogen (secondary N) is 1. The summed E-state index contributed by atoms with van der Waals surface area (Å²) in [6, 6.07) is 3.09. The summed E-state index contributed by atoms with van der Waals surface area (Å²) in [4.78, 5) is 12.1. The maximum Gasteiger partial charge on any atom is 0.221 e. The van der Waals surface area contributed by atoms with E-state index in [1.807, 2.05) is 0 Å². The van der Waals surface area contributed by atoms with Gasteiger partial charge in [-0.05, 0) is 30.4 Å². The SMILES string of the molecule is CC1(CC(=O)NC(CO)c2ccco2)CCCCC1. The summed E-state index contributed by atoms with van der Waals surface area (Å²) in [5, 5.41) is 12.2. The molecule has 1 saturated carbocycles. The lowest BCUT2D eigenvalue weighted by Crippen LogP contribution is -2.35. The zero-order valence-electron chi connectivity index (χ0n) is 11.5. The van der Waals surface area contributed by atoms with Gasteiger partial charge in [0.05, 0.1) is 12.9 Å². The fourth-order valence-corrected chi connectivity index (χ4v) is 2.91. The first-order valence-electron chi connectivity index (χ1n) is 7.07. The first-order chi connectivity index (χ1) is 9.13. The average Bonchev–Trinajstić information content (AvgIpc) is 2.90. The fraction of sp³-hybridized carbons (Fsp3) is 0.667. The third kappa shape index (κ3) is 3.83.